The normalized spacial score (nSPS) is 10.3. The van der Waals surface area contributed by atoms with Crippen LogP contribution in [0.4, 0.5) is 0 Å². The van der Waals surface area contributed by atoms with Gasteiger partial charge in [-0.15, -0.1) is 17.0 Å². The number of nitrogens with zero attached hydrogens (tertiary/aromatic N) is 1. The zero-order valence-corrected chi connectivity index (χ0v) is 15.6. The minimum Gasteiger partial charge on any atom is -0.205 e. The number of aryl methyl sites for hydroxylation is 1. The van der Waals surface area contributed by atoms with Crippen LogP contribution in [0.5, 0.6) is 0 Å². The van der Waals surface area contributed by atoms with Gasteiger partial charge in [0.25, 0.3) is 0 Å². The molecule has 0 fully saturated rings. The van der Waals surface area contributed by atoms with Gasteiger partial charge in [0.15, 0.2) is 12.4 Å². The maximum atomic E-state index is 2.29. The quantitative estimate of drug-likeness (QED) is 0.290. The van der Waals surface area contributed by atoms with Gasteiger partial charge in [0.1, 0.15) is 6.54 Å². The third-order valence-corrected chi connectivity index (χ3v) is 4.05. The van der Waals surface area contributed by atoms with Crippen LogP contribution in [0, 0.1) is 0 Å². The second-order valence-electron chi connectivity index (χ2n) is 6.00. The van der Waals surface area contributed by atoms with Crippen molar-refractivity contribution < 1.29 is 4.57 Å². The molecule has 0 atom stereocenters. The molecule has 0 aromatic carbocycles. The molecule has 0 amide bonds. The van der Waals surface area contributed by atoms with Gasteiger partial charge in [0, 0.05) is 18.6 Å². The van der Waals surface area contributed by atoms with Crippen LogP contribution in [0.3, 0.4) is 0 Å². The van der Waals surface area contributed by atoms with Gasteiger partial charge in [0.05, 0.1) is 0 Å². The minimum atomic E-state index is 0. The molecule has 0 N–H and O–H groups in total. The summed E-state index contributed by atoms with van der Waals surface area (Å²) in [5.41, 5.74) is 0. The fraction of sp³-hybridized carbons (Fsp3) is 0.737. The SMILES string of the molecule is Br.CCCCCCCCCCCCCC[n+]1ccccc1. The van der Waals surface area contributed by atoms with Crippen molar-refractivity contribution in [2.24, 2.45) is 0 Å². The highest BCUT2D eigenvalue weighted by Gasteiger charge is 1.97. The maximum Gasteiger partial charge on any atom is 0.168 e. The van der Waals surface area contributed by atoms with Crippen LogP contribution < -0.4 is 4.57 Å². The van der Waals surface area contributed by atoms with Crippen molar-refractivity contribution in [3.05, 3.63) is 30.6 Å². The Labute approximate surface area is 142 Å². The summed E-state index contributed by atoms with van der Waals surface area (Å²) in [5.74, 6) is 0. The summed E-state index contributed by atoms with van der Waals surface area (Å²) in [4.78, 5) is 0. The summed E-state index contributed by atoms with van der Waals surface area (Å²) in [7, 11) is 0. The molecule has 1 rings (SSSR count). The van der Waals surface area contributed by atoms with E-state index in [1.165, 1.54) is 83.6 Å². The van der Waals surface area contributed by atoms with Crippen LogP contribution in [-0.2, 0) is 6.54 Å². The van der Waals surface area contributed by atoms with Gasteiger partial charge < -0.3 is 0 Å². The van der Waals surface area contributed by atoms with E-state index in [-0.39, 0.29) is 17.0 Å². The molecule has 0 saturated carbocycles. The molecule has 1 aromatic rings. The van der Waals surface area contributed by atoms with E-state index in [1.54, 1.807) is 0 Å². The van der Waals surface area contributed by atoms with Gasteiger partial charge >= 0.3 is 0 Å². The summed E-state index contributed by atoms with van der Waals surface area (Å²) in [6.07, 6.45) is 21.4. The van der Waals surface area contributed by atoms with E-state index in [1.807, 2.05) is 0 Å². The second-order valence-corrected chi connectivity index (χ2v) is 6.00. The van der Waals surface area contributed by atoms with Crippen LogP contribution >= 0.6 is 17.0 Å². The van der Waals surface area contributed by atoms with Crippen LogP contribution in [0.25, 0.3) is 0 Å². The fourth-order valence-corrected chi connectivity index (χ4v) is 2.72. The Morgan fingerprint density at radius 1 is 0.571 bits per heavy atom. The molecule has 122 valence electrons. The number of hydrogen-bond donors (Lipinski definition) is 0. The van der Waals surface area contributed by atoms with Crippen LogP contribution in [0.2, 0.25) is 0 Å². The van der Waals surface area contributed by atoms with Crippen LogP contribution in [-0.4, -0.2) is 0 Å². The van der Waals surface area contributed by atoms with E-state index < -0.39 is 0 Å². The molecular weight excluding hydrogens is 322 g/mol. The Kier molecular flexibility index (Phi) is 15.7. The molecule has 0 bridgehead atoms. The number of pyridine rings is 1. The van der Waals surface area contributed by atoms with E-state index >= 15 is 0 Å². The van der Waals surface area contributed by atoms with E-state index in [0.717, 1.165) is 0 Å². The van der Waals surface area contributed by atoms with Gasteiger partial charge in [-0.25, -0.2) is 4.57 Å². The standard InChI is InChI=1S/C19H34N.BrH/c1-2-3-4-5-6-7-8-9-10-11-12-14-17-20-18-15-13-16-19-20;/h13,15-16,18-19H,2-12,14,17H2,1H3;1H/q+1;. The van der Waals surface area contributed by atoms with Gasteiger partial charge in [-0.1, -0.05) is 77.2 Å². The van der Waals surface area contributed by atoms with Gasteiger partial charge in [-0.3, -0.25) is 0 Å². The van der Waals surface area contributed by atoms with E-state index in [0.29, 0.717) is 0 Å². The summed E-state index contributed by atoms with van der Waals surface area (Å²) in [5, 5.41) is 0. The zero-order chi connectivity index (χ0) is 14.3. The summed E-state index contributed by atoms with van der Waals surface area (Å²) >= 11 is 0. The maximum absolute atomic E-state index is 2.29. The highest BCUT2D eigenvalue weighted by Crippen LogP contribution is 2.11. The lowest BCUT2D eigenvalue weighted by Crippen LogP contribution is -2.32. The Morgan fingerprint density at radius 2 is 1.00 bits per heavy atom. The molecule has 0 aliphatic heterocycles. The topological polar surface area (TPSA) is 3.88 Å². The summed E-state index contributed by atoms with van der Waals surface area (Å²) in [6.45, 7) is 3.47. The number of rotatable bonds is 13. The Morgan fingerprint density at radius 3 is 1.48 bits per heavy atom. The molecule has 21 heavy (non-hydrogen) atoms. The first-order valence-electron chi connectivity index (χ1n) is 8.87. The molecule has 0 aliphatic carbocycles. The molecule has 0 unspecified atom stereocenters. The second kappa shape index (κ2) is 16.0. The largest absolute Gasteiger partial charge is 0.205 e. The molecule has 0 radical (unpaired) electrons. The van der Waals surface area contributed by atoms with Gasteiger partial charge in [-0.2, -0.15) is 0 Å². The Hall–Kier alpha value is -0.370. The lowest BCUT2D eigenvalue weighted by atomic mass is 10.1. The Bertz CT molecular complexity index is 300. The molecule has 0 aliphatic rings. The lowest BCUT2D eigenvalue weighted by Gasteiger charge is -2.02. The van der Waals surface area contributed by atoms with Crippen molar-refractivity contribution in [2.45, 2.75) is 90.5 Å². The minimum absolute atomic E-state index is 0. The fourth-order valence-electron chi connectivity index (χ4n) is 2.72. The summed E-state index contributed by atoms with van der Waals surface area (Å²) in [6, 6.07) is 6.31. The molecule has 1 aromatic heterocycles. The predicted octanol–water partition coefficient (Wildman–Crippen LogP) is 6.25. The van der Waals surface area contributed by atoms with Crippen LogP contribution in [0.1, 0.15) is 84.0 Å². The third kappa shape index (κ3) is 13.0. The molecule has 2 heteroatoms. The number of hydrogen-bond acceptors (Lipinski definition) is 0. The molecular formula is C19H35BrN+. The van der Waals surface area contributed by atoms with Crippen molar-refractivity contribution in [3.8, 4) is 0 Å². The van der Waals surface area contributed by atoms with Crippen molar-refractivity contribution >= 4 is 17.0 Å². The van der Waals surface area contributed by atoms with E-state index in [2.05, 4.69) is 42.1 Å². The van der Waals surface area contributed by atoms with E-state index in [9.17, 15) is 0 Å². The first-order valence-corrected chi connectivity index (χ1v) is 8.87. The molecule has 1 heterocycles. The molecule has 0 saturated heterocycles. The van der Waals surface area contributed by atoms with E-state index in [4.69, 9.17) is 0 Å². The summed E-state index contributed by atoms with van der Waals surface area (Å²) < 4.78 is 2.29. The predicted molar refractivity (Wildman–Crippen MR) is 98.0 cm³/mol. The average molecular weight is 357 g/mol. The first-order chi connectivity index (χ1) is 9.93. The highest BCUT2D eigenvalue weighted by molar-refractivity contribution is 8.93. The zero-order valence-electron chi connectivity index (χ0n) is 13.9. The van der Waals surface area contributed by atoms with Gasteiger partial charge in [0.2, 0.25) is 0 Å². The number of halogens is 1. The van der Waals surface area contributed by atoms with Gasteiger partial charge in [-0.05, 0) is 6.42 Å². The number of aromatic nitrogens is 1. The molecule has 1 nitrogen and oxygen atoms in total. The van der Waals surface area contributed by atoms with Crippen LogP contribution in [0.15, 0.2) is 30.6 Å². The average Bonchev–Trinajstić information content (AvgIpc) is 2.49. The van der Waals surface area contributed by atoms with Crippen molar-refractivity contribution in [2.75, 3.05) is 0 Å². The van der Waals surface area contributed by atoms with Crippen molar-refractivity contribution in [3.63, 3.8) is 0 Å². The molecule has 0 spiro atoms. The van der Waals surface area contributed by atoms with Crippen molar-refractivity contribution in [1.29, 1.82) is 0 Å². The Balaban J connectivity index is 0.00000400. The highest BCUT2D eigenvalue weighted by atomic mass is 79.9. The lowest BCUT2D eigenvalue weighted by molar-refractivity contribution is -0.697. The number of unbranched alkanes of at least 4 members (excludes halogenated alkanes) is 11. The smallest absolute Gasteiger partial charge is 0.168 e. The third-order valence-electron chi connectivity index (χ3n) is 4.05. The van der Waals surface area contributed by atoms with Crippen molar-refractivity contribution in [1.82, 2.24) is 0 Å². The first kappa shape index (κ1) is 20.6. The monoisotopic (exact) mass is 356 g/mol.